The van der Waals surface area contributed by atoms with Crippen LogP contribution >= 0.6 is 0 Å². The molecule has 9 nitrogen and oxygen atoms in total. The van der Waals surface area contributed by atoms with Crippen LogP contribution in [0.5, 0.6) is 5.75 Å². The Kier molecular flexibility index (Phi) is 6.62. The van der Waals surface area contributed by atoms with Gasteiger partial charge >= 0.3 is 6.09 Å². The average molecular weight is 418 g/mol. The molecule has 2 aromatic rings. The molecule has 2 atom stereocenters. The molecule has 2 aromatic heterocycles. The van der Waals surface area contributed by atoms with E-state index in [-0.39, 0.29) is 23.1 Å². The first-order valence-electron chi connectivity index (χ1n) is 10.1. The second-order valence-corrected chi connectivity index (χ2v) is 8.61. The van der Waals surface area contributed by atoms with Crippen molar-refractivity contribution in [3.63, 3.8) is 0 Å². The number of methoxy groups -OCH3 is 1. The first-order valence-corrected chi connectivity index (χ1v) is 10.1. The Bertz CT molecular complexity index is 953. The molecule has 1 aliphatic rings. The molecule has 0 spiro atoms. The van der Waals surface area contributed by atoms with E-state index in [0.717, 1.165) is 17.6 Å². The zero-order valence-corrected chi connectivity index (χ0v) is 17.9. The molecule has 1 fully saturated rings. The van der Waals surface area contributed by atoms with Crippen molar-refractivity contribution in [1.82, 2.24) is 19.8 Å². The number of carbonyl (C=O) groups is 1. The summed E-state index contributed by atoms with van der Waals surface area (Å²) in [4.78, 5) is 30.3. The fourth-order valence-corrected chi connectivity index (χ4v) is 3.87. The van der Waals surface area contributed by atoms with Gasteiger partial charge in [0.1, 0.15) is 5.75 Å². The van der Waals surface area contributed by atoms with Gasteiger partial charge in [-0.2, -0.15) is 0 Å². The third-order valence-electron chi connectivity index (χ3n) is 5.45. The lowest BCUT2D eigenvalue weighted by atomic mass is 9.83. The van der Waals surface area contributed by atoms with E-state index in [1.807, 2.05) is 26.8 Å². The number of carboxylic acid groups (broad SMARTS) is 1. The summed E-state index contributed by atoms with van der Waals surface area (Å²) in [6, 6.07) is 4.71. The smallest absolute Gasteiger partial charge is 0.404 e. The first-order chi connectivity index (χ1) is 14.2. The highest BCUT2D eigenvalue weighted by molar-refractivity contribution is 5.75. The molecule has 0 saturated carbocycles. The second kappa shape index (κ2) is 9.01. The first kappa shape index (κ1) is 22.0. The fraction of sp³-hybridized carbons (Fsp3) is 0.571. The van der Waals surface area contributed by atoms with E-state index in [2.05, 4.69) is 15.2 Å². The van der Waals surface area contributed by atoms with E-state index in [1.165, 1.54) is 6.07 Å². The van der Waals surface area contributed by atoms with E-state index in [4.69, 9.17) is 9.47 Å². The predicted molar refractivity (Wildman–Crippen MR) is 113 cm³/mol. The number of amides is 1. The number of pyridine rings is 2. The van der Waals surface area contributed by atoms with E-state index in [9.17, 15) is 14.7 Å². The number of morpholine rings is 1. The Balaban J connectivity index is 1.75. The quantitative estimate of drug-likeness (QED) is 0.737. The summed E-state index contributed by atoms with van der Waals surface area (Å²) in [6.45, 7) is 8.93. The third-order valence-corrected chi connectivity index (χ3v) is 5.45. The van der Waals surface area contributed by atoms with Crippen LogP contribution in [0.15, 0.2) is 29.2 Å². The van der Waals surface area contributed by atoms with Crippen LogP contribution in [0.3, 0.4) is 0 Å². The van der Waals surface area contributed by atoms with Gasteiger partial charge in [-0.3, -0.25) is 14.7 Å². The normalized spacial score (nSPS) is 18.9. The molecule has 164 valence electrons. The molecule has 3 rings (SSSR count). The number of hydrogen-bond donors (Lipinski definition) is 2. The number of hydrogen-bond acceptors (Lipinski definition) is 6. The molecule has 0 radical (unpaired) electrons. The van der Waals surface area contributed by atoms with Gasteiger partial charge in [0.25, 0.3) is 5.56 Å². The van der Waals surface area contributed by atoms with Gasteiger partial charge in [0.2, 0.25) is 0 Å². The van der Waals surface area contributed by atoms with Crippen LogP contribution in [0.1, 0.15) is 20.8 Å². The summed E-state index contributed by atoms with van der Waals surface area (Å²) in [5.41, 5.74) is 1.07. The predicted octanol–water partition coefficient (Wildman–Crippen LogP) is 1.79. The Morgan fingerprint density at radius 1 is 1.40 bits per heavy atom. The van der Waals surface area contributed by atoms with Gasteiger partial charge in [0.05, 0.1) is 43.1 Å². The largest absolute Gasteiger partial charge is 0.495 e. The number of rotatable bonds is 6. The zero-order valence-electron chi connectivity index (χ0n) is 17.9. The molecule has 1 amide bonds. The molecular formula is C21H30N4O5. The van der Waals surface area contributed by atoms with Crippen LogP contribution in [-0.4, -0.2) is 71.1 Å². The molecule has 3 heterocycles. The number of nitrogens with zero attached hydrogens (tertiary/aromatic N) is 3. The van der Waals surface area contributed by atoms with E-state index in [0.29, 0.717) is 32.0 Å². The van der Waals surface area contributed by atoms with Gasteiger partial charge in [-0.15, -0.1) is 0 Å². The maximum atomic E-state index is 12.5. The SMILES string of the molecule is COc1cnc2ccc(=O)n(CCN3CCO[C@H](C(NC(=O)O)C(C)(C)C)C3)c2c1. The van der Waals surface area contributed by atoms with Crippen molar-refractivity contribution in [1.29, 1.82) is 0 Å². The lowest BCUT2D eigenvalue weighted by Gasteiger charge is -2.42. The maximum absolute atomic E-state index is 12.5. The third kappa shape index (κ3) is 5.09. The summed E-state index contributed by atoms with van der Waals surface area (Å²) in [6.07, 6.45) is 0.312. The molecule has 2 N–H and O–H groups in total. The molecule has 0 aromatic carbocycles. The minimum absolute atomic E-state index is 0.0949. The van der Waals surface area contributed by atoms with Gasteiger partial charge in [-0.1, -0.05) is 20.8 Å². The van der Waals surface area contributed by atoms with Crippen LogP contribution in [-0.2, 0) is 11.3 Å². The van der Waals surface area contributed by atoms with Gasteiger partial charge in [0.15, 0.2) is 0 Å². The topological polar surface area (TPSA) is 106 Å². The van der Waals surface area contributed by atoms with Crippen molar-refractivity contribution in [2.75, 3.05) is 33.4 Å². The lowest BCUT2D eigenvalue weighted by Crippen LogP contribution is -2.58. The molecule has 1 unspecified atom stereocenters. The highest BCUT2D eigenvalue weighted by Crippen LogP contribution is 2.25. The van der Waals surface area contributed by atoms with Gasteiger partial charge in [-0.25, -0.2) is 4.79 Å². The number of fused-ring (bicyclic) bond motifs is 1. The van der Waals surface area contributed by atoms with Crippen LogP contribution in [0.4, 0.5) is 4.79 Å². The van der Waals surface area contributed by atoms with E-state index in [1.54, 1.807) is 23.9 Å². The number of nitrogens with one attached hydrogen (secondary N) is 1. The van der Waals surface area contributed by atoms with Gasteiger partial charge in [0, 0.05) is 38.3 Å². The average Bonchev–Trinajstić information content (AvgIpc) is 2.70. The summed E-state index contributed by atoms with van der Waals surface area (Å²) in [7, 11) is 1.57. The Morgan fingerprint density at radius 3 is 2.83 bits per heavy atom. The Hall–Kier alpha value is -2.65. The Labute approximate surface area is 175 Å². The number of aromatic nitrogens is 2. The summed E-state index contributed by atoms with van der Waals surface area (Å²) >= 11 is 0. The van der Waals surface area contributed by atoms with Crippen LogP contribution in [0, 0.1) is 5.41 Å². The van der Waals surface area contributed by atoms with Crippen LogP contribution in [0.25, 0.3) is 11.0 Å². The maximum Gasteiger partial charge on any atom is 0.404 e. The summed E-state index contributed by atoms with van der Waals surface area (Å²) < 4.78 is 12.9. The molecule has 0 aliphatic carbocycles. The van der Waals surface area contributed by atoms with E-state index < -0.39 is 6.09 Å². The minimum Gasteiger partial charge on any atom is -0.495 e. The van der Waals surface area contributed by atoms with Crippen LogP contribution in [0.2, 0.25) is 0 Å². The Morgan fingerprint density at radius 2 is 2.17 bits per heavy atom. The van der Waals surface area contributed by atoms with E-state index >= 15 is 0 Å². The van der Waals surface area contributed by atoms with Crippen molar-refractivity contribution < 1.29 is 19.4 Å². The molecule has 0 bridgehead atoms. The summed E-state index contributed by atoms with van der Waals surface area (Å²) in [5.74, 6) is 0.598. The zero-order chi connectivity index (χ0) is 21.9. The highest BCUT2D eigenvalue weighted by Gasteiger charge is 2.37. The van der Waals surface area contributed by atoms with Crippen molar-refractivity contribution in [2.24, 2.45) is 5.41 Å². The van der Waals surface area contributed by atoms with Gasteiger partial charge in [-0.05, 0) is 11.5 Å². The standard InChI is InChI=1S/C21H30N4O5/c1-21(2,3)19(23-20(27)28)17-13-24(9-10-30-17)7-8-25-16-11-14(29-4)12-22-15(16)5-6-18(25)26/h5-6,11-12,17,19,23H,7-10,13H2,1-4H3,(H,27,28)/t17-,19?/m0/s1. The minimum atomic E-state index is -1.06. The van der Waals surface area contributed by atoms with Crippen molar-refractivity contribution in [3.05, 3.63) is 34.7 Å². The molecular weight excluding hydrogens is 388 g/mol. The van der Waals surface area contributed by atoms with Crippen molar-refractivity contribution in [2.45, 2.75) is 39.5 Å². The molecule has 30 heavy (non-hydrogen) atoms. The number of ether oxygens (including phenoxy) is 2. The van der Waals surface area contributed by atoms with Crippen LogP contribution < -0.4 is 15.6 Å². The lowest BCUT2D eigenvalue weighted by molar-refractivity contribution is -0.0643. The summed E-state index contributed by atoms with van der Waals surface area (Å²) in [5, 5.41) is 11.9. The fourth-order valence-electron chi connectivity index (χ4n) is 3.87. The monoisotopic (exact) mass is 418 g/mol. The van der Waals surface area contributed by atoms with Gasteiger partial charge < -0.3 is 24.5 Å². The molecule has 9 heteroatoms. The molecule has 1 saturated heterocycles. The molecule has 1 aliphatic heterocycles. The van der Waals surface area contributed by atoms with Crippen molar-refractivity contribution >= 4 is 17.1 Å². The second-order valence-electron chi connectivity index (χ2n) is 8.61. The highest BCUT2D eigenvalue weighted by atomic mass is 16.5. The van der Waals surface area contributed by atoms with Crippen molar-refractivity contribution in [3.8, 4) is 5.75 Å².